The van der Waals surface area contributed by atoms with Gasteiger partial charge >= 0.3 is 0 Å². The molecule has 0 unspecified atom stereocenters. The van der Waals surface area contributed by atoms with E-state index in [0.717, 1.165) is 32.3 Å². The van der Waals surface area contributed by atoms with Crippen LogP contribution in [0.2, 0.25) is 0 Å². The van der Waals surface area contributed by atoms with E-state index in [9.17, 15) is 13.0 Å². The van der Waals surface area contributed by atoms with Gasteiger partial charge in [-0.3, -0.25) is 0 Å². The molecule has 12 heteroatoms. The van der Waals surface area contributed by atoms with Crippen molar-refractivity contribution >= 4 is 66.5 Å². The van der Waals surface area contributed by atoms with Gasteiger partial charge in [-0.05, 0) is 127 Å². The van der Waals surface area contributed by atoms with Crippen molar-refractivity contribution in [2.75, 3.05) is 28.4 Å². The third kappa shape index (κ3) is 14.2. The second-order valence-electron chi connectivity index (χ2n) is 16.1. The van der Waals surface area contributed by atoms with Gasteiger partial charge in [0.25, 0.3) is 0 Å². The van der Waals surface area contributed by atoms with E-state index in [0.29, 0.717) is 0 Å². The Balaban J connectivity index is 0.000000185. The van der Waals surface area contributed by atoms with Crippen molar-refractivity contribution in [1.82, 2.24) is 0 Å². The fourth-order valence-corrected chi connectivity index (χ4v) is 12.4. The number of benzene rings is 9. The van der Waals surface area contributed by atoms with Crippen molar-refractivity contribution in [3.63, 3.8) is 0 Å². The second-order valence-corrected chi connectivity index (χ2v) is 22.7. The zero-order valence-electron chi connectivity index (χ0n) is 41.2. The molecule has 0 bridgehead atoms. The molecule has 0 heterocycles. The van der Waals surface area contributed by atoms with E-state index in [1.54, 1.807) is 58.0 Å². The topological polar surface area (TPSA) is 94.1 Å². The average molecular weight is 1120 g/mol. The van der Waals surface area contributed by atoms with Gasteiger partial charge in [0.1, 0.15) is 10.1 Å². The molecule has 0 atom stereocenters. The van der Waals surface area contributed by atoms with Crippen molar-refractivity contribution in [2.45, 2.75) is 50.7 Å². The number of hydrogen-bond acceptors (Lipinski definition) is 9. The van der Waals surface area contributed by atoms with Crippen molar-refractivity contribution in [3.8, 4) is 0 Å². The fraction of sp³-hybridized carbons (Fsp3) is 0.0968. The van der Waals surface area contributed by atoms with Gasteiger partial charge in [0.2, 0.25) is 11.6 Å². The van der Waals surface area contributed by atoms with E-state index in [1.165, 1.54) is 58.5 Å². The molecule has 0 aliphatic carbocycles. The SMILES string of the molecule is C=Cc1ccc(S(=O)(=O)[O-])cc1.COC(OC)(c1ccc(Br)cc1)c1ccc(Sc2ccccc2)cc1.COC(OC)(c1ccc(Sc2ccccc2)cc1)c1ccc([S+](c2ccccc2)c2ccccc2)cc1. The van der Waals surface area contributed by atoms with Gasteiger partial charge in [0.05, 0.1) is 15.8 Å². The summed E-state index contributed by atoms with van der Waals surface area (Å²) in [6, 6.07) is 81.0. The molecule has 0 aromatic heterocycles. The molecule has 0 saturated heterocycles. The van der Waals surface area contributed by atoms with Crippen LogP contribution in [-0.2, 0) is 51.5 Å². The largest absolute Gasteiger partial charge is 0.744 e. The summed E-state index contributed by atoms with van der Waals surface area (Å²) in [6.45, 7) is 3.50. The molecule has 74 heavy (non-hydrogen) atoms. The van der Waals surface area contributed by atoms with E-state index in [2.05, 4.69) is 192 Å². The molecule has 9 aromatic rings. The van der Waals surface area contributed by atoms with Crippen LogP contribution >= 0.6 is 39.5 Å². The Kier molecular flexibility index (Phi) is 20.3. The number of ether oxygens (including phenoxy) is 4. The molecule has 9 aromatic carbocycles. The van der Waals surface area contributed by atoms with E-state index in [-0.39, 0.29) is 15.8 Å². The van der Waals surface area contributed by atoms with Crippen molar-refractivity contribution in [2.24, 2.45) is 0 Å². The molecule has 0 saturated carbocycles. The molecule has 0 aliphatic rings. The van der Waals surface area contributed by atoms with Crippen LogP contribution in [0.25, 0.3) is 6.08 Å². The van der Waals surface area contributed by atoms with E-state index in [4.69, 9.17) is 18.9 Å². The van der Waals surface area contributed by atoms with Gasteiger partial charge < -0.3 is 23.5 Å². The number of methoxy groups -OCH3 is 4. The highest BCUT2D eigenvalue weighted by Crippen LogP contribution is 2.39. The van der Waals surface area contributed by atoms with E-state index < -0.39 is 21.7 Å². The molecular formula is C62H55BrO7S4. The summed E-state index contributed by atoms with van der Waals surface area (Å²) in [5.74, 6) is -1.91. The minimum absolute atomic E-state index is 0.205. The third-order valence-electron chi connectivity index (χ3n) is 11.6. The molecule has 0 N–H and O–H groups in total. The van der Waals surface area contributed by atoms with Crippen molar-refractivity contribution in [1.29, 1.82) is 0 Å². The Morgan fingerprint density at radius 2 is 0.730 bits per heavy atom. The molecule has 376 valence electrons. The summed E-state index contributed by atoms with van der Waals surface area (Å²) in [5, 5.41) is 0. The molecule has 0 radical (unpaired) electrons. The minimum atomic E-state index is -4.31. The van der Waals surface area contributed by atoms with Crippen LogP contribution in [0.5, 0.6) is 0 Å². The minimum Gasteiger partial charge on any atom is -0.744 e. The van der Waals surface area contributed by atoms with Crippen LogP contribution in [0.1, 0.15) is 27.8 Å². The molecule has 0 fully saturated rings. The van der Waals surface area contributed by atoms with E-state index >= 15 is 0 Å². The quantitative estimate of drug-likeness (QED) is 0.0502. The lowest BCUT2D eigenvalue weighted by molar-refractivity contribution is -0.184. The van der Waals surface area contributed by atoms with Crippen LogP contribution in [-0.4, -0.2) is 41.4 Å². The van der Waals surface area contributed by atoms with Crippen LogP contribution in [0.15, 0.2) is 293 Å². The monoisotopic (exact) mass is 1120 g/mol. The highest BCUT2D eigenvalue weighted by atomic mass is 79.9. The Labute approximate surface area is 455 Å². The van der Waals surface area contributed by atoms with Crippen LogP contribution in [0.4, 0.5) is 0 Å². The summed E-state index contributed by atoms with van der Waals surface area (Å²) in [4.78, 5) is 8.38. The molecule has 9 rings (SSSR count). The average Bonchev–Trinajstić information content (AvgIpc) is 3.45. The first kappa shape index (κ1) is 55.7. The fourth-order valence-electron chi connectivity index (χ4n) is 7.95. The zero-order valence-corrected chi connectivity index (χ0v) is 46.1. The van der Waals surface area contributed by atoms with Crippen molar-refractivity contribution < 1.29 is 31.9 Å². The van der Waals surface area contributed by atoms with Gasteiger partial charge in [-0.15, -0.1) is 0 Å². The summed E-state index contributed by atoms with van der Waals surface area (Å²) < 4.78 is 56.1. The van der Waals surface area contributed by atoms with Gasteiger partial charge in [-0.25, -0.2) is 8.42 Å². The smallest absolute Gasteiger partial charge is 0.221 e. The van der Waals surface area contributed by atoms with Gasteiger partial charge in [-0.1, -0.05) is 173 Å². The maximum atomic E-state index is 10.5. The highest BCUT2D eigenvalue weighted by Gasteiger charge is 2.37. The predicted octanol–water partition coefficient (Wildman–Crippen LogP) is 15.8. The second kappa shape index (κ2) is 27.0. The number of hydrogen-bond donors (Lipinski definition) is 0. The maximum Gasteiger partial charge on any atom is 0.221 e. The molecule has 7 nitrogen and oxygen atoms in total. The normalized spacial score (nSPS) is 11.4. The molecular weight excluding hydrogens is 1060 g/mol. The van der Waals surface area contributed by atoms with Crippen LogP contribution < -0.4 is 0 Å². The predicted molar refractivity (Wildman–Crippen MR) is 304 cm³/mol. The summed E-state index contributed by atoms with van der Waals surface area (Å²) in [7, 11) is 2.21. The van der Waals surface area contributed by atoms with Gasteiger partial charge in [0, 0.05) is 74.7 Å². The third-order valence-corrected chi connectivity index (χ3v) is 17.3. The van der Waals surface area contributed by atoms with Gasteiger partial charge in [-0.2, -0.15) is 0 Å². The number of halogens is 1. The lowest BCUT2D eigenvalue weighted by Gasteiger charge is -2.32. The van der Waals surface area contributed by atoms with Crippen LogP contribution in [0.3, 0.4) is 0 Å². The van der Waals surface area contributed by atoms with Crippen molar-refractivity contribution in [3.05, 3.63) is 282 Å². The first-order valence-electron chi connectivity index (χ1n) is 23.2. The highest BCUT2D eigenvalue weighted by molar-refractivity contribution is 9.10. The maximum absolute atomic E-state index is 10.5. The first-order chi connectivity index (χ1) is 35.9. The summed E-state index contributed by atoms with van der Waals surface area (Å²) in [5.41, 5.74) is 4.59. The Morgan fingerprint density at radius 1 is 0.432 bits per heavy atom. The van der Waals surface area contributed by atoms with E-state index in [1.807, 2.05) is 48.5 Å². The van der Waals surface area contributed by atoms with Crippen LogP contribution in [0, 0.1) is 0 Å². The summed E-state index contributed by atoms with van der Waals surface area (Å²) >= 11 is 6.94. The summed E-state index contributed by atoms with van der Waals surface area (Å²) in [6.07, 6.45) is 1.57. The lowest BCUT2D eigenvalue weighted by Crippen LogP contribution is -2.32. The zero-order chi connectivity index (χ0) is 52.4. The Bertz CT molecular complexity index is 3180. The molecule has 0 spiro atoms. The molecule has 0 aliphatic heterocycles. The number of rotatable bonds is 17. The Hall–Kier alpha value is -6.00. The first-order valence-corrected chi connectivity index (χ1v) is 28.3. The van der Waals surface area contributed by atoms with Gasteiger partial charge in [0.15, 0.2) is 14.7 Å². The molecule has 0 amide bonds. The lowest BCUT2D eigenvalue weighted by atomic mass is 9.97. The standard InChI is InChI=1S/C33H29O2S2.C21H19BrO2S.C8H8O3S/c1-34-33(35-2,26-18-22-29(23-19-26)36-28-12-6-3-7-13-28)27-20-24-32(25-21-27)37(30-14-8-4-9-15-30)31-16-10-5-11-17-31;1-23-21(24-2,16-8-12-18(22)13-9-16)17-10-14-20(15-11-17)25-19-6-4-3-5-7-19;1-2-7-3-5-8(6-4-7)12(9,10)11/h3-25H,1-2H3;3-15H,1-2H3;2-6H,1H2,(H,9,10,11)/q+1;;/p-1. The Morgan fingerprint density at radius 3 is 1.05 bits per heavy atom.